The fourth-order valence-electron chi connectivity index (χ4n) is 4.94. The molecular formula is C30H28F3NO9S2. The number of hydrogen-bond acceptors (Lipinski definition) is 10. The number of carbonyl (C=O) groups excluding carboxylic acids is 4. The van der Waals surface area contributed by atoms with E-state index in [9.17, 15) is 49.2 Å². The number of ketones is 4. The highest BCUT2D eigenvalue weighted by Crippen LogP contribution is 2.42. The van der Waals surface area contributed by atoms with E-state index in [1.165, 1.54) is 24.4 Å². The maximum Gasteiger partial charge on any atom is 0.416 e. The van der Waals surface area contributed by atoms with Crippen molar-refractivity contribution >= 4 is 42.8 Å². The zero-order valence-electron chi connectivity index (χ0n) is 24.1. The molecule has 1 atom stereocenters. The van der Waals surface area contributed by atoms with Crippen LogP contribution < -0.4 is 0 Å². The van der Waals surface area contributed by atoms with E-state index in [-0.39, 0.29) is 51.9 Å². The van der Waals surface area contributed by atoms with Gasteiger partial charge >= 0.3 is 6.18 Å². The second kappa shape index (κ2) is 12.4. The van der Waals surface area contributed by atoms with E-state index in [4.69, 9.17) is 4.52 Å². The van der Waals surface area contributed by atoms with Crippen LogP contribution in [0.2, 0.25) is 0 Å². The van der Waals surface area contributed by atoms with Crippen molar-refractivity contribution in [3.05, 3.63) is 82.1 Å². The lowest BCUT2D eigenvalue weighted by molar-refractivity contribution is -0.143. The third-order valence-corrected chi connectivity index (χ3v) is 9.68. The normalized spacial score (nSPS) is 19.5. The first kappa shape index (κ1) is 33.9. The number of benzene rings is 1. The van der Waals surface area contributed by atoms with Crippen LogP contribution in [0.1, 0.15) is 65.3 Å². The van der Waals surface area contributed by atoms with Gasteiger partial charge in [0.2, 0.25) is 0 Å². The summed E-state index contributed by atoms with van der Waals surface area (Å²) in [6, 6.07) is 2.05. The van der Waals surface area contributed by atoms with Gasteiger partial charge in [0.25, 0.3) is 0 Å². The van der Waals surface area contributed by atoms with Crippen LogP contribution in [-0.2, 0) is 40.2 Å². The molecule has 2 saturated carbocycles. The fourth-order valence-corrected chi connectivity index (χ4v) is 6.54. The van der Waals surface area contributed by atoms with E-state index in [2.05, 4.69) is 11.7 Å². The average molecular weight is 668 g/mol. The van der Waals surface area contributed by atoms with Crippen molar-refractivity contribution in [2.45, 2.75) is 49.1 Å². The Morgan fingerprint density at radius 3 is 2.11 bits per heavy atom. The molecule has 240 valence electrons. The number of allylic oxidation sites excluding steroid dienone is 4. The molecule has 45 heavy (non-hydrogen) atoms. The predicted molar refractivity (Wildman–Crippen MR) is 154 cm³/mol. The standard InChI is InChI=1S/C15H12F3NO4S.C15H16O5S/c1-24(21,22)12-6-9(15(16,17)18)4-5-10(12)13(20)11-7-19-23-14(11)8-2-3-8;1-9-8-10(21(2,19)20)6-7-11(9)15(18)14-12(16)4-3-5-13(14)17/h4-8H,2-3H2,1H3;6-8,11,14H,1,3-5H2,2H3. The Labute approximate surface area is 256 Å². The van der Waals surface area contributed by atoms with E-state index in [0.29, 0.717) is 24.3 Å². The average Bonchev–Trinajstić information content (AvgIpc) is 3.66. The van der Waals surface area contributed by atoms with Crippen molar-refractivity contribution in [3.63, 3.8) is 0 Å². The quantitative estimate of drug-likeness (QED) is 0.306. The summed E-state index contributed by atoms with van der Waals surface area (Å²) in [6.45, 7) is 3.69. The highest BCUT2D eigenvalue weighted by atomic mass is 32.2. The Bertz CT molecular complexity index is 1860. The lowest BCUT2D eigenvalue weighted by Crippen LogP contribution is -2.38. The molecule has 1 aromatic carbocycles. The Morgan fingerprint density at radius 2 is 1.60 bits per heavy atom. The molecule has 0 aliphatic heterocycles. The van der Waals surface area contributed by atoms with Gasteiger partial charge in [0.15, 0.2) is 48.6 Å². The number of hydrogen-bond donors (Lipinski definition) is 0. The molecule has 3 aliphatic carbocycles. The van der Waals surface area contributed by atoms with Gasteiger partial charge in [-0.2, -0.15) is 13.2 Å². The van der Waals surface area contributed by atoms with Gasteiger partial charge in [-0.05, 0) is 55.2 Å². The van der Waals surface area contributed by atoms with E-state index < -0.39 is 59.7 Å². The third kappa shape index (κ3) is 7.64. The number of alkyl halides is 3. The Morgan fingerprint density at radius 1 is 0.978 bits per heavy atom. The first-order chi connectivity index (χ1) is 20.8. The summed E-state index contributed by atoms with van der Waals surface area (Å²) >= 11 is 0. The molecule has 1 unspecified atom stereocenters. The molecule has 5 rings (SSSR count). The van der Waals surface area contributed by atoms with Crippen molar-refractivity contribution in [2.24, 2.45) is 11.8 Å². The first-order valence-electron chi connectivity index (χ1n) is 13.6. The minimum Gasteiger partial charge on any atom is -0.360 e. The summed E-state index contributed by atoms with van der Waals surface area (Å²) in [7, 11) is -7.43. The van der Waals surface area contributed by atoms with Gasteiger partial charge in [-0.1, -0.05) is 17.8 Å². The molecule has 2 aromatic rings. The van der Waals surface area contributed by atoms with E-state index in [1.54, 1.807) is 0 Å². The van der Waals surface area contributed by atoms with E-state index in [0.717, 1.165) is 31.4 Å². The Kier molecular flexibility index (Phi) is 9.36. The van der Waals surface area contributed by atoms with Crippen LogP contribution in [0.3, 0.4) is 0 Å². The number of carbonyl (C=O) groups is 4. The molecule has 0 saturated heterocycles. The van der Waals surface area contributed by atoms with E-state index in [1.807, 2.05) is 0 Å². The number of sulfone groups is 2. The van der Waals surface area contributed by atoms with Crippen LogP contribution in [0, 0.1) is 11.8 Å². The molecule has 3 aliphatic rings. The number of nitrogens with zero attached hydrogens (tertiary/aromatic N) is 1. The highest BCUT2D eigenvalue weighted by Gasteiger charge is 2.40. The molecule has 0 amide bonds. The predicted octanol–water partition coefficient (Wildman–Crippen LogP) is 4.37. The van der Waals surface area contributed by atoms with Gasteiger partial charge in [-0.15, -0.1) is 0 Å². The van der Waals surface area contributed by atoms with Crippen LogP contribution in [0.25, 0.3) is 0 Å². The smallest absolute Gasteiger partial charge is 0.360 e. The van der Waals surface area contributed by atoms with Crippen molar-refractivity contribution in [3.8, 4) is 0 Å². The molecule has 1 aromatic heterocycles. The first-order valence-corrected chi connectivity index (χ1v) is 17.4. The van der Waals surface area contributed by atoms with Gasteiger partial charge < -0.3 is 4.52 Å². The molecule has 0 bridgehead atoms. The lowest BCUT2D eigenvalue weighted by Gasteiger charge is -2.24. The SMILES string of the molecule is C=C1C=C(S(C)(=O)=O)C=CC1C(=O)C1C(=O)CCCC1=O.CS(=O)(=O)c1cc(C(F)(F)F)ccc1C(=O)c1cnoc1C1CC1. The largest absolute Gasteiger partial charge is 0.416 e. The lowest BCUT2D eigenvalue weighted by atomic mass is 9.77. The van der Waals surface area contributed by atoms with Gasteiger partial charge in [-0.25, -0.2) is 16.8 Å². The molecule has 10 nitrogen and oxygen atoms in total. The third-order valence-electron chi connectivity index (χ3n) is 7.43. The topological polar surface area (TPSA) is 163 Å². The van der Waals surface area contributed by atoms with Crippen LogP contribution in [0.5, 0.6) is 0 Å². The summed E-state index contributed by atoms with van der Waals surface area (Å²) < 4.78 is 90.2. The van der Waals surface area contributed by atoms with Crippen molar-refractivity contribution in [1.29, 1.82) is 0 Å². The van der Waals surface area contributed by atoms with Gasteiger partial charge in [0.05, 0.1) is 33.0 Å². The minimum absolute atomic E-state index is 0.0441. The maximum atomic E-state index is 12.8. The monoisotopic (exact) mass is 667 g/mol. The van der Waals surface area contributed by atoms with Crippen LogP contribution >= 0.6 is 0 Å². The van der Waals surface area contributed by atoms with Crippen molar-refractivity contribution in [1.82, 2.24) is 5.16 Å². The second-order valence-electron chi connectivity index (χ2n) is 11.0. The molecule has 15 heteroatoms. The van der Waals surface area contributed by atoms with Crippen molar-refractivity contribution in [2.75, 3.05) is 12.5 Å². The summed E-state index contributed by atoms with van der Waals surface area (Å²) in [5, 5.41) is 3.55. The van der Waals surface area contributed by atoms with Crippen LogP contribution in [-0.4, -0.2) is 57.6 Å². The molecule has 1 heterocycles. The number of aromatic nitrogens is 1. The molecule has 0 radical (unpaired) electrons. The molecule has 2 fully saturated rings. The summed E-state index contributed by atoms with van der Waals surface area (Å²) in [5.74, 6) is -3.57. The van der Waals surface area contributed by atoms with Gasteiger partial charge in [0, 0.05) is 36.8 Å². The molecular weight excluding hydrogens is 639 g/mol. The van der Waals surface area contributed by atoms with E-state index >= 15 is 0 Å². The number of Topliss-reactive ketones (excluding diaryl/α,β-unsaturated/α-hetero) is 3. The highest BCUT2D eigenvalue weighted by molar-refractivity contribution is 7.94. The second-order valence-corrected chi connectivity index (χ2v) is 15.0. The van der Waals surface area contributed by atoms with Crippen molar-refractivity contribution < 1.29 is 53.7 Å². The maximum absolute atomic E-state index is 12.8. The minimum atomic E-state index is -4.71. The summed E-state index contributed by atoms with van der Waals surface area (Å²) in [6.07, 6.45) is 4.91. The Balaban J connectivity index is 0.000000207. The van der Waals surface area contributed by atoms with Gasteiger partial charge in [0.1, 0.15) is 5.92 Å². The Hall–Kier alpha value is -3.98. The molecule has 0 N–H and O–H groups in total. The summed E-state index contributed by atoms with van der Waals surface area (Å²) in [4.78, 5) is 48.1. The zero-order chi connectivity index (χ0) is 33.5. The fraction of sp³-hybridized carbons (Fsp3) is 0.367. The van der Waals surface area contributed by atoms with Gasteiger partial charge in [-0.3, -0.25) is 19.2 Å². The number of halogens is 3. The van der Waals surface area contributed by atoms with Crippen LogP contribution in [0.15, 0.2) is 69.1 Å². The zero-order valence-corrected chi connectivity index (χ0v) is 25.7. The number of rotatable bonds is 7. The molecule has 0 spiro atoms. The van der Waals surface area contributed by atoms with Crippen LogP contribution in [0.4, 0.5) is 13.2 Å². The summed E-state index contributed by atoms with van der Waals surface area (Å²) in [5.41, 5.74) is -1.08.